The summed E-state index contributed by atoms with van der Waals surface area (Å²) in [6, 6.07) is 2.39. The van der Waals surface area contributed by atoms with Crippen LogP contribution in [0.2, 0.25) is 0 Å². The molecule has 0 aromatic rings. The molecule has 0 N–H and O–H groups in total. The van der Waals surface area contributed by atoms with Crippen LogP contribution in [0.5, 0.6) is 0 Å². The molecule has 1 aliphatic heterocycles. The Bertz CT molecular complexity index is 178. The Hall–Kier alpha value is -0.550. The van der Waals surface area contributed by atoms with Crippen molar-refractivity contribution in [3.8, 4) is 6.07 Å². The van der Waals surface area contributed by atoms with Crippen molar-refractivity contribution in [3.63, 3.8) is 0 Å². The van der Waals surface area contributed by atoms with Gasteiger partial charge < -0.3 is 4.90 Å². The molecule has 1 saturated heterocycles. The summed E-state index contributed by atoms with van der Waals surface area (Å²) in [6.45, 7) is 6.47. The number of rotatable bonds is 0. The largest absolute Gasteiger partial charge is 0.306 e. The van der Waals surface area contributed by atoms with E-state index in [9.17, 15) is 0 Å². The van der Waals surface area contributed by atoms with Crippen molar-refractivity contribution in [3.05, 3.63) is 0 Å². The van der Waals surface area contributed by atoms with Gasteiger partial charge in [0.05, 0.1) is 12.0 Å². The van der Waals surface area contributed by atoms with Crippen LogP contribution in [-0.2, 0) is 0 Å². The van der Waals surface area contributed by atoms with Crippen LogP contribution in [-0.4, -0.2) is 25.0 Å². The molecule has 0 aliphatic carbocycles. The Morgan fingerprint density at radius 3 is 2.64 bits per heavy atom. The van der Waals surface area contributed by atoms with Crippen LogP contribution < -0.4 is 0 Å². The number of nitriles is 1. The summed E-state index contributed by atoms with van der Waals surface area (Å²) in [5.74, 6) is 0.249. The lowest BCUT2D eigenvalue weighted by Crippen LogP contribution is -2.43. The fourth-order valence-corrected chi connectivity index (χ4v) is 1.86. The highest BCUT2D eigenvalue weighted by atomic mass is 15.1. The zero-order valence-electron chi connectivity index (χ0n) is 7.59. The van der Waals surface area contributed by atoms with Crippen molar-refractivity contribution < 1.29 is 0 Å². The van der Waals surface area contributed by atoms with Crippen LogP contribution in [0.15, 0.2) is 0 Å². The minimum absolute atomic E-state index is 0.182. The SMILES string of the molecule is CN1CCC(C#N)C(C)(C)C1. The molecule has 0 saturated carbocycles. The van der Waals surface area contributed by atoms with Gasteiger partial charge in [-0.15, -0.1) is 0 Å². The molecule has 0 spiro atoms. The van der Waals surface area contributed by atoms with E-state index in [-0.39, 0.29) is 11.3 Å². The molecule has 1 unspecified atom stereocenters. The molecular weight excluding hydrogens is 136 g/mol. The molecule has 2 heteroatoms. The molecular formula is C9H16N2. The Labute approximate surface area is 68.8 Å². The molecule has 1 aliphatic rings. The van der Waals surface area contributed by atoms with Crippen LogP contribution in [0.4, 0.5) is 0 Å². The lowest BCUT2D eigenvalue weighted by molar-refractivity contribution is 0.103. The van der Waals surface area contributed by atoms with E-state index in [1.807, 2.05) is 0 Å². The monoisotopic (exact) mass is 152 g/mol. The molecule has 0 bridgehead atoms. The summed E-state index contributed by atoms with van der Waals surface area (Å²) >= 11 is 0. The van der Waals surface area contributed by atoms with Crippen LogP contribution in [0.1, 0.15) is 20.3 Å². The van der Waals surface area contributed by atoms with Gasteiger partial charge in [0.2, 0.25) is 0 Å². The molecule has 1 fully saturated rings. The summed E-state index contributed by atoms with van der Waals surface area (Å²) in [5, 5.41) is 8.84. The topological polar surface area (TPSA) is 27.0 Å². The predicted molar refractivity (Wildman–Crippen MR) is 45.0 cm³/mol. The molecule has 1 heterocycles. The van der Waals surface area contributed by atoms with Gasteiger partial charge in [-0.05, 0) is 25.4 Å². The maximum Gasteiger partial charge on any atom is 0.0662 e. The number of hydrogen-bond acceptors (Lipinski definition) is 2. The highest BCUT2D eigenvalue weighted by molar-refractivity contribution is 4.97. The van der Waals surface area contributed by atoms with Gasteiger partial charge in [0.25, 0.3) is 0 Å². The van der Waals surface area contributed by atoms with Crippen molar-refractivity contribution in [2.45, 2.75) is 20.3 Å². The lowest BCUT2D eigenvalue weighted by Gasteiger charge is -2.39. The van der Waals surface area contributed by atoms with E-state index in [2.05, 4.69) is 31.9 Å². The Morgan fingerprint density at radius 1 is 1.55 bits per heavy atom. The Kier molecular flexibility index (Phi) is 2.20. The first-order valence-electron chi connectivity index (χ1n) is 4.14. The second kappa shape index (κ2) is 2.83. The molecule has 1 rings (SSSR count). The first-order valence-corrected chi connectivity index (χ1v) is 4.14. The molecule has 0 amide bonds. The highest BCUT2D eigenvalue weighted by Gasteiger charge is 2.34. The number of nitrogens with zero attached hydrogens (tertiary/aromatic N) is 2. The fourth-order valence-electron chi connectivity index (χ4n) is 1.86. The van der Waals surface area contributed by atoms with E-state index in [1.165, 1.54) is 0 Å². The van der Waals surface area contributed by atoms with Crippen LogP contribution >= 0.6 is 0 Å². The molecule has 11 heavy (non-hydrogen) atoms. The van der Waals surface area contributed by atoms with Gasteiger partial charge in [0.1, 0.15) is 0 Å². The number of hydrogen-bond donors (Lipinski definition) is 0. The van der Waals surface area contributed by atoms with E-state index in [1.54, 1.807) is 0 Å². The van der Waals surface area contributed by atoms with Crippen molar-refractivity contribution in [1.29, 1.82) is 5.26 Å². The van der Waals surface area contributed by atoms with Gasteiger partial charge >= 0.3 is 0 Å². The van der Waals surface area contributed by atoms with Gasteiger partial charge in [-0.2, -0.15) is 5.26 Å². The van der Waals surface area contributed by atoms with Crippen LogP contribution in [0, 0.1) is 22.7 Å². The fraction of sp³-hybridized carbons (Fsp3) is 0.889. The Balaban J connectivity index is 2.66. The van der Waals surface area contributed by atoms with Crippen LogP contribution in [0.3, 0.4) is 0 Å². The average Bonchev–Trinajstić information content (AvgIpc) is 1.85. The molecule has 1 atom stereocenters. The average molecular weight is 152 g/mol. The minimum atomic E-state index is 0.182. The molecule has 2 nitrogen and oxygen atoms in total. The first kappa shape index (κ1) is 8.55. The summed E-state index contributed by atoms with van der Waals surface area (Å²) in [6.07, 6.45) is 1.03. The standard InChI is InChI=1S/C9H16N2/c1-9(2)7-11(3)5-4-8(9)6-10/h8H,4-5,7H2,1-3H3. The van der Waals surface area contributed by atoms with Crippen LogP contribution in [0.25, 0.3) is 0 Å². The highest BCUT2D eigenvalue weighted by Crippen LogP contribution is 2.33. The van der Waals surface area contributed by atoms with E-state index in [0.29, 0.717) is 0 Å². The second-order valence-electron chi connectivity index (χ2n) is 4.20. The molecule has 0 aromatic carbocycles. The maximum absolute atomic E-state index is 8.84. The third-order valence-corrected chi connectivity index (χ3v) is 2.58. The van der Waals surface area contributed by atoms with Crippen molar-refractivity contribution >= 4 is 0 Å². The molecule has 0 radical (unpaired) electrons. The quantitative estimate of drug-likeness (QED) is 0.526. The summed E-state index contributed by atoms with van der Waals surface area (Å²) < 4.78 is 0. The minimum Gasteiger partial charge on any atom is -0.306 e. The normalized spacial score (nSPS) is 31.3. The van der Waals surface area contributed by atoms with Crippen molar-refractivity contribution in [2.24, 2.45) is 11.3 Å². The van der Waals surface area contributed by atoms with Gasteiger partial charge in [0.15, 0.2) is 0 Å². The van der Waals surface area contributed by atoms with Crippen molar-refractivity contribution in [1.82, 2.24) is 4.90 Å². The van der Waals surface area contributed by atoms with Crippen molar-refractivity contribution in [2.75, 3.05) is 20.1 Å². The third kappa shape index (κ3) is 1.72. The number of likely N-dealkylation sites (tertiary alicyclic amines) is 1. The summed E-state index contributed by atoms with van der Waals surface area (Å²) in [7, 11) is 2.12. The molecule has 0 aromatic heterocycles. The van der Waals surface area contributed by atoms with E-state index in [4.69, 9.17) is 5.26 Å². The smallest absolute Gasteiger partial charge is 0.0662 e. The van der Waals surface area contributed by atoms with E-state index >= 15 is 0 Å². The van der Waals surface area contributed by atoms with E-state index in [0.717, 1.165) is 19.5 Å². The number of piperidine rings is 1. The molecule has 62 valence electrons. The second-order valence-corrected chi connectivity index (χ2v) is 4.20. The summed E-state index contributed by atoms with van der Waals surface area (Å²) in [5.41, 5.74) is 0.182. The lowest BCUT2D eigenvalue weighted by atomic mass is 9.75. The first-order chi connectivity index (χ1) is 5.06. The van der Waals surface area contributed by atoms with E-state index < -0.39 is 0 Å². The van der Waals surface area contributed by atoms with Gasteiger partial charge in [-0.25, -0.2) is 0 Å². The van der Waals surface area contributed by atoms with Gasteiger partial charge in [-0.1, -0.05) is 13.8 Å². The predicted octanol–water partition coefficient (Wildman–Crippen LogP) is 1.49. The third-order valence-electron chi connectivity index (χ3n) is 2.58. The zero-order chi connectivity index (χ0) is 8.48. The zero-order valence-corrected chi connectivity index (χ0v) is 7.59. The maximum atomic E-state index is 8.84. The summed E-state index contributed by atoms with van der Waals surface area (Å²) in [4.78, 5) is 2.30. The van der Waals surface area contributed by atoms with Gasteiger partial charge in [-0.3, -0.25) is 0 Å². The van der Waals surface area contributed by atoms with Gasteiger partial charge in [0, 0.05) is 6.54 Å². The Morgan fingerprint density at radius 2 is 2.18 bits per heavy atom.